The van der Waals surface area contributed by atoms with E-state index in [-0.39, 0.29) is 12.0 Å². The summed E-state index contributed by atoms with van der Waals surface area (Å²) in [6.07, 6.45) is 2.46. The Balaban J connectivity index is 2.11. The van der Waals surface area contributed by atoms with Gasteiger partial charge in [-0.25, -0.2) is 0 Å². The molecule has 5 nitrogen and oxygen atoms in total. The first-order valence-electron chi connectivity index (χ1n) is 6.83. The van der Waals surface area contributed by atoms with Crippen LogP contribution in [0.2, 0.25) is 0 Å². The zero-order valence-corrected chi connectivity index (χ0v) is 11.8. The summed E-state index contributed by atoms with van der Waals surface area (Å²) in [5.74, 6) is -0.719. The van der Waals surface area contributed by atoms with Gasteiger partial charge >= 0.3 is 5.97 Å². The van der Waals surface area contributed by atoms with Gasteiger partial charge in [-0.3, -0.25) is 4.79 Å². The van der Waals surface area contributed by atoms with Crippen molar-refractivity contribution in [1.82, 2.24) is 15.5 Å². The van der Waals surface area contributed by atoms with Crippen molar-refractivity contribution in [3.05, 3.63) is 0 Å². The first-order valence-corrected chi connectivity index (χ1v) is 6.83. The standard InChI is InChI=1S/C13H27N3O2/c1-11(2)16(3)7-5-4-6-15-13(8-12(17)18)9-14-10-13/h11,14-15H,4-10H2,1-3H3,(H,17,18). The molecule has 1 heterocycles. The average Bonchev–Trinajstić information content (AvgIpc) is 2.23. The molecule has 1 aliphatic heterocycles. The third kappa shape index (κ3) is 4.92. The highest BCUT2D eigenvalue weighted by molar-refractivity contribution is 5.68. The third-order valence-electron chi connectivity index (χ3n) is 3.74. The van der Waals surface area contributed by atoms with Crippen molar-refractivity contribution in [3.63, 3.8) is 0 Å². The van der Waals surface area contributed by atoms with Crippen LogP contribution in [0, 0.1) is 0 Å². The molecule has 0 aromatic rings. The van der Waals surface area contributed by atoms with Gasteiger partial charge in [-0.15, -0.1) is 0 Å². The van der Waals surface area contributed by atoms with Gasteiger partial charge in [-0.1, -0.05) is 0 Å². The van der Waals surface area contributed by atoms with E-state index in [0.717, 1.165) is 39.0 Å². The van der Waals surface area contributed by atoms with Gasteiger partial charge in [0.25, 0.3) is 0 Å². The number of hydrogen-bond acceptors (Lipinski definition) is 4. The molecule has 0 atom stereocenters. The number of rotatable bonds is 9. The summed E-state index contributed by atoms with van der Waals surface area (Å²) in [7, 11) is 2.14. The lowest BCUT2D eigenvalue weighted by molar-refractivity contribution is -0.139. The van der Waals surface area contributed by atoms with Crippen LogP contribution in [0.4, 0.5) is 0 Å². The van der Waals surface area contributed by atoms with Crippen molar-refractivity contribution < 1.29 is 9.90 Å². The van der Waals surface area contributed by atoms with Gasteiger partial charge in [0.05, 0.1) is 12.0 Å². The van der Waals surface area contributed by atoms with Crippen LogP contribution in [0.3, 0.4) is 0 Å². The number of carboxylic acids is 1. The zero-order valence-electron chi connectivity index (χ0n) is 11.8. The molecule has 5 heteroatoms. The highest BCUT2D eigenvalue weighted by Gasteiger charge is 2.38. The van der Waals surface area contributed by atoms with Crippen LogP contribution < -0.4 is 10.6 Å². The van der Waals surface area contributed by atoms with Crippen LogP contribution in [0.25, 0.3) is 0 Å². The molecule has 18 heavy (non-hydrogen) atoms. The molecule has 0 aliphatic carbocycles. The number of aliphatic carboxylic acids is 1. The Labute approximate surface area is 110 Å². The summed E-state index contributed by atoms with van der Waals surface area (Å²) in [5.41, 5.74) is -0.199. The fraction of sp³-hybridized carbons (Fsp3) is 0.923. The fourth-order valence-electron chi connectivity index (χ4n) is 2.13. The summed E-state index contributed by atoms with van der Waals surface area (Å²) in [6, 6.07) is 0.590. The van der Waals surface area contributed by atoms with Gasteiger partial charge < -0.3 is 20.6 Å². The lowest BCUT2D eigenvalue weighted by Gasteiger charge is -2.42. The monoisotopic (exact) mass is 257 g/mol. The van der Waals surface area contributed by atoms with E-state index < -0.39 is 5.97 Å². The van der Waals surface area contributed by atoms with E-state index in [1.807, 2.05) is 0 Å². The maximum absolute atomic E-state index is 10.8. The van der Waals surface area contributed by atoms with Crippen molar-refractivity contribution >= 4 is 5.97 Å². The van der Waals surface area contributed by atoms with Crippen molar-refractivity contribution in [1.29, 1.82) is 0 Å². The van der Waals surface area contributed by atoms with Crippen molar-refractivity contribution in [2.24, 2.45) is 0 Å². The van der Waals surface area contributed by atoms with E-state index in [1.54, 1.807) is 0 Å². The number of nitrogens with one attached hydrogen (secondary N) is 2. The lowest BCUT2D eigenvalue weighted by Crippen LogP contribution is -2.68. The van der Waals surface area contributed by atoms with Crippen molar-refractivity contribution in [2.75, 3.05) is 33.2 Å². The third-order valence-corrected chi connectivity index (χ3v) is 3.74. The number of hydrogen-bond donors (Lipinski definition) is 3. The largest absolute Gasteiger partial charge is 0.481 e. The molecule has 0 saturated carbocycles. The highest BCUT2D eigenvalue weighted by Crippen LogP contribution is 2.15. The predicted molar refractivity (Wildman–Crippen MR) is 72.9 cm³/mol. The Morgan fingerprint density at radius 3 is 2.56 bits per heavy atom. The quantitative estimate of drug-likeness (QED) is 0.525. The maximum atomic E-state index is 10.8. The zero-order chi connectivity index (χ0) is 13.6. The van der Waals surface area contributed by atoms with Gasteiger partial charge in [-0.05, 0) is 46.8 Å². The topological polar surface area (TPSA) is 64.6 Å². The van der Waals surface area contributed by atoms with E-state index in [1.165, 1.54) is 0 Å². The summed E-state index contributed by atoms with van der Waals surface area (Å²) >= 11 is 0. The second kappa shape index (κ2) is 7.07. The van der Waals surface area contributed by atoms with Gasteiger partial charge in [0.1, 0.15) is 0 Å². The lowest BCUT2D eigenvalue weighted by atomic mass is 9.88. The van der Waals surface area contributed by atoms with E-state index >= 15 is 0 Å². The number of nitrogens with zero attached hydrogens (tertiary/aromatic N) is 1. The molecule has 0 radical (unpaired) electrons. The smallest absolute Gasteiger partial charge is 0.305 e. The molecule has 0 aromatic heterocycles. The minimum atomic E-state index is -0.719. The second-order valence-corrected chi connectivity index (χ2v) is 5.66. The maximum Gasteiger partial charge on any atom is 0.305 e. The molecule has 0 bridgehead atoms. The molecule has 0 amide bonds. The summed E-state index contributed by atoms with van der Waals surface area (Å²) in [4.78, 5) is 13.1. The Morgan fingerprint density at radius 2 is 2.11 bits per heavy atom. The average molecular weight is 257 g/mol. The first kappa shape index (κ1) is 15.4. The van der Waals surface area contributed by atoms with E-state index in [2.05, 4.69) is 36.4 Å². The van der Waals surface area contributed by atoms with Crippen LogP contribution in [0.1, 0.15) is 33.1 Å². The summed E-state index contributed by atoms with van der Waals surface area (Å²) in [5, 5.41) is 15.4. The molecule has 3 N–H and O–H groups in total. The Bertz CT molecular complexity index is 265. The van der Waals surface area contributed by atoms with Crippen molar-refractivity contribution in [2.45, 2.75) is 44.7 Å². The molecule has 0 unspecified atom stereocenters. The molecular weight excluding hydrogens is 230 g/mol. The predicted octanol–water partition coefficient (Wildman–Crippen LogP) is 0.513. The Kier molecular flexibility index (Phi) is 6.05. The van der Waals surface area contributed by atoms with E-state index in [9.17, 15) is 4.79 Å². The summed E-state index contributed by atoms with van der Waals surface area (Å²) in [6.45, 7) is 7.93. The number of unbranched alkanes of at least 4 members (excludes halogenated alkanes) is 1. The molecule has 0 spiro atoms. The van der Waals surface area contributed by atoms with E-state index in [4.69, 9.17) is 5.11 Å². The van der Waals surface area contributed by atoms with Crippen LogP contribution in [0.15, 0.2) is 0 Å². The van der Waals surface area contributed by atoms with Crippen LogP contribution in [-0.2, 0) is 4.79 Å². The highest BCUT2D eigenvalue weighted by atomic mass is 16.4. The minimum Gasteiger partial charge on any atom is -0.481 e. The number of carboxylic acid groups (broad SMARTS) is 1. The molecule has 1 fully saturated rings. The second-order valence-electron chi connectivity index (χ2n) is 5.66. The SMILES string of the molecule is CC(C)N(C)CCCCNC1(CC(=O)O)CNC1. The van der Waals surface area contributed by atoms with E-state index in [0.29, 0.717) is 6.04 Å². The van der Waals surface area contributed by atoms with Gasteiger partial charge in [0.15, 0.2) is 0 Å². The van der Waals surface area contributed by atoms with Crippen LogP contribution >= 0.6 is 0 Å². The first-order chi connectivity index (χ1) is 8.45. The molecule has 1 rings (SSSR count). The van der Waals surface area contributed by atoms with Gasteiger partial charge in [0, 0.05) is 19.1 Å². The van der Waals surface area contributed by atoms with Gasteiger partial charge in [0.2, 0.25) is 0 Å². The van der Waals surface area contributed by atoms with Gasteiger partial charge in [-0.2, -0.15) is 0 Å². The molecule has 106 valence electrons. The molecule has 1 aliphatic rings. The summed E-state index contributed by atoms with van der Waals surface area (Å²) < 4.78 is 0. The molecular formula is C13H27N3O2. The van der Waals surface area contributed by atoms with Crippen molar-refractivity contribution in [3.8, 4) is 0 Å². The van der Waals surface area contributed by atoms with Crippen LogP contribution in [-0.4, -0.2) is 60.8 Å². The molecule has 1 saturated heterocycles. The number of carbonyl (C=O) groups is 1. The Morgan fingerprint density at radius 1 is 1.44 bits per heavy atom. The molecule has 0 aromatic carbocycles. The van der Waals surface area contributed by atoms with Crippen LogP contribution in [0.5, 0.6) is 0 Å². The fourth-order valence-corrected chi connectivity index (χ4v) is 2.13. The minimum absolute atomic E-state index is 0.199. The Hall–Kier alpha value is -0.650. The normalized spacial score (nSPS) is 18.1.